The molecule has 0 aromatic heterocycles. The Balaban J connectivity index is 4.79. The van der Waals surface area contributed by atoms with E-state index in [0.29, 0.717) is 19.4 Å². The Morgan fingerprint density at radius 2 is 1.37 bits per heavy atom. The lowest BCUT2D eigenvalue weighted by molar-refractivity contribution is -0.160. The maximum atomic E-state index is 12.2. The largest absolute Gasteiger partial charge is 0.508 e. The molecule has 0 saturated heterocycles. The smallest absolute Gasteiger partial charge is 0.465 e. The SMILES string of the molecule is CCCC(CCC)(COC(=O)OCC)C(=O)OCC. The van der Waals surface area contributed by atoms with E-state index < -0.39 is 11.6 Å². The molecule has 0 aliphatic heterocycles. The van der Waals surface area contributed by atoms with Crippen LogP contribution >= 0.6 is 0 Å². The maximum Gasteiger partial charge on any atom is 0.508 e. The standard InChI is InChI=1S/C14H26O5/c1-5-9-14(10-6-2,12(15)17-7-3)11-19-13(16)18-8-4/h5-11H2,1-4H3. The molecule has 19 heavy (non-hydrogen) atoms. The molecule has 112 valence electrons. The second-order valence-electron chi connectivity index (χ2n) is 4.47. The Bertz CT molecular complexity index is 269. The second-order valence-corrected chi connectivity index (χ2v) is 4.47. The first-order chi connectivity index (χ1) is 9.06. The first kappa shape index (κ1) is 17.7. The predicted molar refractivity (Wildman–Crippen MR) is 71.9 cm³/mol. The number of hydrogen-bond donors (Lipinski definition) is 0. The third-order valence-electron chi connectivity index (χ3n) is 2.89. The lowest BCUT2D eigenvalue weighted by atomic mass is 9.80. The third kappa shape index (κ3) is 5.94. The summed E-state index contributed by atoms with van der Waals surface area (Å²) in [4.78, 5) is 23.4. The van der Waals surface area contributed by atoms with Gasteiger partial charge in [0.1, 0.15) is 12.0 Å². The van der Waals surface area contributed by atoms with Gasteiger partial charge in [-0.3, -0.25) is 4.79 Å². The summed E-state index contributed by atoms with van der Waals surface area (Å²) in [6.07, 6.45) is 2.19. The zero-order chi connectivity index (χ0) is 14.7. The van der Waals surface area contributed by atoms with E-state index in [1.54, 1.807) is 13.8 Å². The van der Waals surface area contributed by atoms with Gasteiger partial charge < -0.3 is 14.2 Å². The van der Waals surface area contributed by atoms with Crippen LogP contribution in [-0.2, 0) is 19.0 Å². The van der Waals surface area contributed by atoms with Gasteiger partial charge in [-0.15, -0.1) is 0 Å². The number of rotatable bonds is 9. The Kier molecular flexibility index (Phi) is 9.00. The molecule has 0 aromatic carbocycles. The molecule has 5 heteroatoms. The molecule has 0 atom stereocenters. The van der Waals surface area contributed by atoms with Crippen LogP contribution in [0.15, 0.2) is 0 Å². The summed E-state index contributed by atoms with van der Waals surface area (Å²) < 4.78 is 14.9. The topological polar surface area (TPSA) is 61.8 Å². The van der Waals surface area contributed by atoms with Crippen LogP contribution in [0.25, 0.3) is 0 Å². The summed E-state index contributed by atoms with van der Waals surface area (Å²) in [7, 11) is 0. The van der Waals surface area contributed by atoms with Crippen molar-refractivity contribution in [2.45, 2.75) is 53.4 Å². The minimum Gasteiger partial charge on any atom is -0.465 e. The van der Waals surface area contributed by atoms with E-state index >= 15 is 0 Å². The van der Waals surface area contributed by atoms with Crippen LogP contribution in [0.1, 0.15) is 53.4 Å². The molecule has 0 saturated carbocycles. The lowest BCUT2D eigenvalue weighted by Crippen LogP contribution is -2.38. The van der Waals surface area contributed by atoms with E-state index in [0.717, 1.165) is 12.8 Å². The van der Waals surface area contributed by atoms with Crippen LogP contribution < -0.4 is 0 Å². The third-order valence-corrected chi connectivity index (χ3v) is 2.89. The summed E-state index contributed by atoms with van der Waals surface area (Å²) >= 11 is 0. The molecule has 0 N–H and O–H groups in total. The van der Waals surface area contributed by atoms with Crippen LogP contribution in [0.4, 0.5) is 4.79 Å². The lowest BCUT2D eigenvalue weighted by Gasteiger charge is -2.30. The Morgan fingerprint density at radius 3 is 1.79 bits per heavy atom. The summed E-state index contributed by atoms with van der Waals surface area (Å²) in [6.45, 7) is 8.07. The second kappa shape index (κ2) is 9.64. The molecule has 0 aliphatic carbocycles. The van der Waals surface area contributed by atoms with E-state index in [9.17, 15) is 9.59 Å². The highest BCUT2D eigenvalue weighted by Gasteiger charge is 2.40. The summed E-state index contributed by atoms with van der Waals surface area (Å²) in [5.74, 6) is -0.289. The molecular formula is C14H26O5. The Labute approximate surface area is 115 Å². The van der Waals surface area contributed by atoms with E-state index in [4.69, 9.17) is 14.2 Å². The Morgan fingerprint density at radius 1 is 0.842 bits per heavy atom. The molecule has 0 rings (SSSR count). The molecule has 0 radical (unpaired) electrons. The van der Waals surface area contributed by atoms with E-state index in [1.807, 2.05) is 13.8 Å². The minimum atomic E-state index is -0.744. The fourth-order valence-electron chi connectivity index (χ4n) is 2.13. The van der Waals surface area contributed by atoms with Crippen LogP contribution in [0.2, 0.25) is 0 Å². The van der Waals surface area contributed by atoms with E-state index in [1.165, 1.54) is 0 Å². The van der Waals surface area contributed by atoms with E-state index in [-0.39, 0.29) is 19.2 Å². The summed E-state index contributed by atoms with van der Waals surface area (Å²) in [5.41, 5.74) is -0.744. The van der Waals surface area contributed by atoms with Gasteiger partial charge in [0.2, 0.25) is 0 Å². The van der Waals surface area contributed by atoms with Gasteiger partial charge in [0.15, 0.2) is 0 Å². The fraction of sp³-hybridized carbons (Fsp3) is 0.857. The molecule has 0 aromatic rings. The van der Waals surface area contributed by atoms with Crippen molar-refractivity contribution in [3.8, 4) is 0 Å². The van der Waals surface area contributed by atoms with Gasteiger partial charge >= 0.3 is 12.1 Å². The van der Waals surface area contributed by atoms with Gasteiger partial charge in [-0.05, 0) is 26.7 Å². The van der Waals surface area contributed by atoms with Gasteiger partial charge in [-0.2, -0.15) is 0 Å². The quantitative estimate of drug-likeness (QED) is 0.604. The fourth-order valence-corrected chi connectivity index (χ4v) is 2.13. The predicted octanol–water partition coefficient (Wildman–Crippen LogP) is 3.31. The van der Waals surface area contributed by atoms with Crippen molar-refractivity contribution in [2.75, 3.05) is 19.8 Å². The van der Waals surface area contributed by atoms with Crippen molar-refractivity contribution in [3.63, 3.8) is 0 Å². The number of esters is 1. The van der Waals surface area contributed by atoms with Crippen molar-refractivity contribution in [1.29, 1.82) is 0 Å². The van der Waals surface area contributed by atoms with Crippen molar-refractivity contribution in [1.82, 2.24) is 0 Å². The summed E-state index contributed by atoms with van der Waals surface area (Å²) in [6, 6.07) is 0. The highest BCUT2D eigenvalue weighted by atomic mass is 16.7. The van der Waals surface area contributed by atoms with Crippen LogP contribution in [-0.4, -0.2) is 31.9 Å². The zero-order valence-electron chi connectivity index (χ0n) is 12.5. The van der Waals surface area contributed by atoms with Crippen LogP contribution in [0.5, 0.6) is 0 Å². The molecule has 0 spiro atoms. The van der Waals surface area contributed by atoms with Gasteiger partial charge in [0.05, 0.1) is 13.2 Å². The molecule has 0 aliphatic rings. The number of carbonyl (C=O) groups excluding carboxylic acids is 2. The molecular weight excluding hydrogens is 248 g/mol. The van der Waals surface area contributed by atoms with Gasteiger partial charge in [0, 0.05) is 0 Å². The average Bonchev–Trinajstić information content (AvgIpc) is 2.37. The van der Waals surface area contributed by atoms with Crippen LogP contribution in [0.3, 0.4) is 0 Å². The van der Waals surface area contributed by atoms with Crippen LogP contribution in [0, 0.1) is 5.41 Å². The monoisotopic (exact) mass is 274 g/mol. The normalized spacial score (nSPS) is 10.9. The highest BCUT2D eigenvalue weighted by Crippen LogP contribution is 2.32. The molecule has 0 fully saturated rings. The van der Waals surface area contributed by atoms with Gasteiger partial charge in [-0.1, -0.05) is 26.7 Å². The summed E-state index contributed by atoms with van der Waals surface area (Å²) in [5, 5.41) is 0. The highest BCUT2D eigenvalue weighted by molar-refractivity contribution is 5.77. The minimum absolute atomic E-state index is 0.0202. The average molecular weight is 274 g/mol. The van der Waals surface area contributed by atoms with Crippen molar-refractivity contribution in [2.24, 2.45) is 5.41 Å². The molecule has 0 amide bonds. The maximum absolute atomic E-state index is 12.2. The zero-order valence-corrected chi connectivity index (χ0v) is 12.5. The number of ether oxygens (including phenoxy) is 3. The molecule has 0 bridgehead atoms. The Hall–Kier alpha value is -1.26. The van der Waals surface area contributed by atoms with E-state index in [2.05, 4.69) is 0 Å². The van der Waals surface area contributed by atoms with Crippen molar-refractivity contribution < 1.29 is 23.8 Å². The first-order valence-electron chi connectivity index (χ1n) is 7.03. The first-order valence-corrected chi connectivity index (χ1v) is 7.03. The van der Waals surface area contributed by atoms with Gasteiger partial charge in [0.25, 0.3) is 0 Å². The molecule has 5 nitrogen and oxygen atoms in total. The van der Waals surface area contributed by atoms with Crippen molar-refractivity contribution >= 4 is 12.1 Å². The number of carbonyl (C=O) groups is 2. The van der Waals surface area contributed by atoms with Crippen molar-refractivity contribution in [3.05, 3.63) is 0 Å². The molecule has 0 unspecified atom stereocenters. The van der Waals surface area contributed by atoms with Gasteiger partial charge in [-0.25, -0.2) is 4.79 Å². The number of hydrogen-bond acceptors (Lipinski definition) is 5. The molecule has 0 heterocycles.